The number of hydrogen-bond donors (Lipinski definition) is 1. The normalized spacial score (nSPS) is 28.7. The van der Waals surface area contributed by atoms with Gasteiger partial charge in [0.25, 0.3) is 0 Å². The van der Waals surface area contributed by atoms with Crippen LogP contribution in [-0.4, -0.2) is 35.7 Å². The Bertz CT molecular complexity index is 177. The SMILES string of the molecule is C=CCCN1CCC(O)C(C)(C)C1. The molecule has 0 amide bonds. The molecule has 0 aromatic heterocycles. The summed E-state index contributed by atoms with van der Waals surface area (Å²) in [5.41, 5.74) is 0.0550. The van der Waals surface area contributed by atoms with Gasteiger partial charge in [0.1, 0.15) is 0 Å². The average molecular weight is 183 g/mol. The molecular formula is C11H21NO. The predicted molar refractivity (Wildman–Crippen MR) is 55.7 cm³/mol. The van der Waals surface area contributed by atoms with Crippen LogP contribution in [0.3, 0.4) is 0 Å². The van der Waals surface area contributed by atoms with Gasteiger partial charge in [-0.2, -0.15) is 0 Å². The Hall–Kier alpha value is -0.340. The highest BCUT2D eigenvalue weighted by Crippen LogP contribution is 2.28. The molecule has 1 rings (SSSR count). The maximum atomic E-state index is 9.73. The molecule has 1 aliphatic rings. The summed E-state index contributed by atoms with van der Waals surface area (Å²) in [5, 5.41) is 9.73. The standard InChI is InChI=1S/C11H21NO/c1-4-5-7-12-8-6-10(13)11(2,3)9-12/h4,10,13H,1,5-9H2,2-3H3. The lowest BCUT2D eigenvalue weighted by Gasteiger charge is -2.41. The molecule has 0 saturated carbocycles. The molecular weight excluding hydrogens is 162 g/mol. The number of aliphatic hydroxyl groups is 1. The Morgan fingerprint density at radius 2 is 2.31 bits per heavy atom. The van der Waals surface area contributed by atoms with E-state index in [1.54, 1.807) is 0 Å². The van der Waals surface area contributed by atoms with E-state index in [1.165, 1.54) is 0 Å². The zero-order valence-electron chi connectivity index (χ0n) is 8.79. The molecule has 0 bridgehead atoms. The van der Waals surface area contributed by atoms with Crippen molar-refractivity contribution in [1.82, 2.24) is 4.90 Å². The van der Waals surface area contributed by atoms with Crippen LogP contribution in [0.2, 0.25) is 0 Å². The van der Waals surface area contributed by atoms with Crippen molar-refractivity contribution in [3.05, 3.63) is 12.7 Å². The maximum Gasteiger partial charge on any atom is 0.0615 e. The Labute approximate surface area is 81.2 Å². The van der Waals surface area contributed by atoms with Crippen molar-refractivity contribution in [3.63, 3.8) is 0 Å². The lowest BCUT2D eigenvalue weighted by atomic mass is 9.81. The molecule has 1 N–H and O–H groups in total. The Kier molecular flexibility index (Phi) is 3.51. The summed E-state index contributed by atoms with van der Waals surface area (Å²) in [4.78, 5) is 2.41. The molecule has 0 aromatic carbocycles. The number of aliphatic hydroxyl groups excluding tert-OH is 1. The monoisotopic (exact) mass is 183 g/mol. The summed E-state index contributed by atoms with van der Waals surface area (Å²) in [7, 11) is 0. The lowest BCUT2D eigenvalue weighted by Crippen LogP contribution is -2.48. The highest BCUT2D eigenvalue weighted by atomic mass is 16.3. The van der Waals surface area contributed by atoms with Crippen LogP contribution >= 0.6 is 0 Å². The van der Waals surface area contributed by atoms with Crippen LogP contribution in [0.4, 0.5) is 0 Å². The molecule has 76 valence electrons. The van der Waals surface area contributed by atoms with Gasteiger partial charge in [-0.25, -0.2) is 0 Å². The van der Waals surface area contributed by atoms with E-state index in [9.17, 15) is 5.11 Å². The van der Waals surface area contributed by atoms with Crippen molar-refractivity contribution in [2.75, 3.05) is 19.6 Å². The fraction of sp³-hybridized carbons (Fsp3) is 0.818. The van der Waals surface area contributed by atoms with E-state index in [2.05, 4.69) is 25.3 Å². The maximum absolute atomic E-state index is 9.73. The van der Waals surface area contributed by atoms with Crippen molar-refractivity contribution in [3.8, 4) is 0 Å². The summed E-state index contributed by atoms with van der Waals surface area (Å²) in [6.07, 6.45) is 3.78. The van der Waals surface area contributed by atoms with Gasteiger partial charge in [-0.15, -0.1) is 6.58 Å². The minimum atomic E-state index is -0.132. The third-order valence-electron chi connectivity index (χ3n) is 2.90. The van der Waals surface area contributed by atoms with Crippen LogP contribution in [0, 0.1) is 5.41 Å². The summed E-state index contributed by atoms with van der Waals surface area (Å²) < 4.78 is 0. The van der Waals surface area contributed by atoms with E-state index in [-0.39, 0.29) is 11.5 Å². The van der Waals surface area contributed by atoms with E-state index in [0.717, 1.165) is 32.5 Å². The summed E-state index contributed by atoms with van der Waals surface area (Å²) in [6, 6.07) is 0. The molecule has 1 atom stereocenters. The highest BCUT2D eigenvalue weighted by Gasteiger charge is 2.33. The van der Waals surface area contributed by atoms with E-state index < -0.39 is 0 Å². The summed E-state index contributed by atoms with van der Waals surface area (Å²) in [5.74, 6) is 0. The molecule has 2 heteroatoms. The fourth-order valence-electron chi connectivity index (χ4n) is 1.92. The van der Waals surface area contributed by atoms with Crippen LogP contribution in [-0.2, 0) is 0 Å². The second-order valence-corrected chi connectivity index (χ2v) is 4.65. The molecule has 0 radical (unpaired) electrons. The number of piperidine rings is 1. The molecule has 1 saturated heterocycles. The van der Waals surface area contributed by atoms with Crippen LogP contribution in [0.25, 0.3) is 0 Å². The number of hydrogen-bond acceptors (Lipinski definition) is 2. The first-order valence-electron chi connectivity index (χ1n) is 5.07. The van der Waals surface area contributed by atoms with Gasteiger partial charge in [0.2, 0.25) is 0 Å². The van der Waals surface area contributed by atoms with Gasteiger partial charge in [0.15, 0.2) is 0 Å². The third-order valence-corrected chi connectivity index (χ3v) is 2.90. The zero-order valence-corrected chi connectivity index (χ0v) is 8.79. The van der Waals surface area contributed by atoms with Gasteiger partial charge in [0, 0.05) is 25.0 Å². The predicted octanol–water partition coefficient (Wildman–Crippen LogP) is 1.66. The minimum Gasteiger partial charge on any atom is -0.392 e. The van der Waals surface area contributed by atoms with Crippen LogP contribution < -0.4 is 0 Å². The van der Waals surface area contributed by atoms with Gasteiger partial charge in [0.05, 0.1) is 6.10 Å². The number of nitrogens with zero attached hydrogens (tertiary/aromatic N) is 1. The molecule has 1 unspecified atom stereocenters. The zero-order chi connectivity index (χ0) is 9.90. The van der Waals surface area contributed by atoms with Crippen LogP contribution in [0.1, 0.15) is 26.7 Å². The molecule has 1 heterocycles. The lowest BCUT2D eigenvalue weighted by molar-refractivity contribution is -0.0237. The first-order chi connectivity index (χ1) is 6.06. The van der Waals surface area contributed by atoms with Crippen molar-refractivity contribution >= 4 is 0 Å². The van der Waals surface area contributed by atoms with Crippen molar-refractivity contribution in [2.24, 2.45) is 5.41 Å². The molecule has 13 heavy (non-hydrogen) atoms. The number of rotatable bonds is 3. The van der Waals surface area contributed by atoms with Crippen molar-refractivity contribution in [2.45, 2.75) is 32.8 Å². The average Bonchev–Trinajstić information content (AvgIpc) is 2.07. The summed E-state index contributed by atoms with van der Waals surface area (Å²) in [6.45, 7) is 11.1. The quantitative estimate of drug-likeness (QED) is 0.673. The van der Waals surface area contributed by atoms with Crippen molar-refractivity contribution in [1.29, 1.82) is 0 Å². The first-order valence-corrected chi connectivity index (χ1v) is 5.07. The van der Waals surface area contributed by atoms with E-state index in [0.29, 0.717) is 0 Å². The smallest absolute Gasteiger partial charge is 0.0615 e. The molecule has 1 fully saturated rings. The highest BCUT2D eigenvalue weighted by molar-refractivity contribution is 4.87. The molecule has 0 spiro atoms. The Morgan fingerprint density at radius 3 is 2.85 bits per heavy atom. The molecule has 0 aromatic rings. The van der Waals surface area contributed by atoms with Crippen molar-refractivity contribution < 1.29 is 5.11 Å². The largest absolute Gasteiger partial charge is 0.392 e. The van der Waals surface area contributed by atoms with Gasteiger partial charge >= 0.3 is 0 Å². The van der Waals surface area contributed by atoms with Gasteiger partial charge in [-0.3, -0.25) is 0 Å². The van der Waals surface area contributed by atoms with E-state index >= 15 is 0 Å². The Balaban J connectivity index is 2.41. The van der Waals surface area contributed by atoms with E-state index in [4.69, 9.17) is 0 Å². The minimum absolute atomic E-state index is 0.0550. The topological polar surface area (TPSA) is 23.5 Å². The summed E-state index contributed by atoms with van der Waals surface area (Å²) >= 11 is 0. The first kappa shape index (κ1) is 10.7. The van der Waals surface area contributed by atoms with Crippen LogP contribution in [0.5, 0.6) is 0 Å². The third kappa shape index (κ3) is 2.82. The van der Waals surface area contributed by atoms with Gasteiger partial charge in [-0.05, 0) is 12.8 Å². The van der Waals surface area contributed by atoms with Crippen LogP contribution in [0.15, 0.2) is 12.7 Å². The second-order valence-electron chi connectivity index (χ2n) is 4.65. The van der Waals surface area contributed by atoms with Gasteiger partial charge < -0.3 is 10.0 Å². The second kappa shape index (κ2) is 4.25. The molecule has 1 aliphatic heterocycles. The molecule has 2 nitrogen and oxygen atoms in total. The fourth-order valence-corrected chi connectivity index (χ4v) is 1.92. The number of likely N-dealkylation sites (tertiary alicyclic amines) is 1. The molecule has 0 aliphatic carbocycles. The van der Waals surface area contributed by atoms with Gasteiger partial charge in [-0.1, -0.05) is 19.9 Å². The van der Waals surface area contributed by atoms with E-state index in [1.807, 2.05) is 6.08 Å². The Morgan fingerprint density at radius 1 is 1.62 bits per heavy atom.